The fourth-order valence-electron chi connectivity index (χ4n) is 3.32. The molecule has 3 N–H and O–H groups in total. The molecular weight excluding hydrogens is 350 g/mol. The predicted molar refractivity (Wildman–Crippen MR) is 111 cm³/mol. The molecule has 5 aromatic rings. The molecule has 3 aromatic heterocycles. The summed E-state index contributed by atoms with van der Waals surface area (Å²) in [6.45, 7) is 0.746. The van der Waals surface area contributed by atoms with Gasteiger partial charge in [-0.1, -0.05) is 36.4 Å². The number of para-hydroxylation sites is 2. The lowest BCUT2D eigenvalue weighted by molar-refractivity contribution is 0.822. The van der Waals surface area contributed by atoms with Gasteiger partial charge in [0.2, 0.25) is 5.95 Å². The highest BCUT2D eigenvalue weighted by Gasteiger charge is 2.05. The molecule has 138 valence electrons. The summed E-state index contributed by atoms with van der Waals surface area (Å²) in [6.07, 6.45) is 6.50. The number of aromatic amines is 1. The van der Waals surface area contributed by atoms with Crippen molar-refractivity contribution in [3.05, 3.63) is 78.8 Å². The van der Waals surface area contributed by atoms with Crippen LogP contribution in [0.2, 0.25) is 0 Å². The Labute approximate surface area is 161 Å². The number of benzene rings is 2. The van der Waals surface area contributed by atoms with Crippen LogP contribution in [0.25, 0.3) is 21.8 Å². The number of anilines is 2. The number of fused-ring (bicyclic) bond motifs is 2. The van der Waals surface area contributed by atoms with Crippen molar-refractivity contribution in [1.82, 2.24) is 24.8 Å². The standard InChI is InChI=1S/C21H19N7/c1-4-8-19-16(5-1)14-25-28(19)27-20-10-12-23-21(26-20)22-11-9-15-13-24-18-7-3-2-6-17(15)18/h1-8,10,12-14,24H,9,11H2,(H2,22,23,26,27). The molecule has 0 aliphatic carbocycles. The van der Waals surface area contributed by atoms with E-state index in [4.69, 9.17) is 0 Å². The van der Waals surface area contributed by atoms with Gasteiger partial charge >= 0.3 is 0 Å². The fourth-order valence-corrected chi connectivity index (χ4v) is 3.32. The van der Waals surface area contributed by atoms with Crippen LogP contribution in [-0.4, -0.2) is 31.4 Å². The van der Waals surface area contributed by atoms with Crippen molar-refractivity contribution in [3.63, 3.8) is 0 Å². The first-order valence-electron chi connectivity index (χ1n) is 9.18. The molecular formula is C21H19N7. The molecule has 3 heterocycles. The average Bonchev–Trinajstić information content (AvgIpc) is 3.33. The predicted octanol–water partition coefficient (Wildman–Crippen LogP) is 3.84. The maximum absolute atomic E-state index is 4.53. The molecule has 0 saturated carbocycles. The van der Waals surface area contributed by atoms with Crippen molar-refractivity contribution >= 4 is 33.6 Å². The van der Waals surface area contributed by atoms with Crippen molar-refractivity contribution in [1.29, 1.82) is 0 Å². The highest BCUT2D eigenvalue weighted by Crippen LogP contribution is 2.18. The average molecular weight is 369 g/mol. The third kappa shape index (κ3) is 3.14. The lowest BCUT2D eigenvalue weighted by atomic mass is 10.1. The number of rotatable bonds is 6. The Morgan fingerprint density at radius 3 is 2.89 bits per heavy atom. The normalized spacial score (nSPS) is 11.1. The van der Waals surface area contributed by atoms with Crippen LogP contribution in [0.3, 0.4) is 0 Å². The van der Waals surface area contributed by atoms with E-state index >= 15 is 0 Å². The van der Waals surface area contributed by atoms with Gasteiger partial charge in [0.15, 0.2) is 5.82 Å². The number of hydrogen-bond acceptors (Lipinski definition) is 5. The van der Waals surface area contributed by atoms with Gasteiger partial charge in [0.05, 0.1) is 11.7 Å². The Morgan fingerprint density at radius 1 is 1.00 bits per heavy atom. The second-order valence-electron chi connectivity index (χ2n) is 6.53. The summed E-state index contributed by atoms with van der Waals surface area (Å²) in [5.41, 5.74) is 6.64. The van der Waals surface area contributed by atoms with Crippen molar-refractivity contribution in [3.8, 4) is 0 Å². The minimum Gasteiger partial charge on any atom is -0.361 e. The minimum absolute atomic E-state index is 0.585. The summed E-state index contributed by atoms with van der Waals surface area (Å²) >= 11 is 0. The van der Waals surface area contributed by atoms with Crippen LogP contribution >= 0.6 is 0 Å². The van der Waals surface area contributed by atoms with Crippen LogP contribution in [0.1, 0.15) is 5.56 Å². The molecule has 0 aliphatic heterocycles. The van der Waals surface area contributed by atoms with Gasteiger partial charge < -0.3 is 10.3 Å². The SMILES string of the molecule is c1ccc2c(c1)cnn2Nc1ccnc(NCCc2c[nH]c3ccccc23)n1. The fraction of sp³-hybridized carbons (Fsp3) is 0.0952. The Kier molecular flexibility index (Phi) is 4.10. The van der Waals surface area contributed by atoms with E-state index in [1.54, 1.807) is 11.0 Å². The second kappa shape index (κ2) is 7.03. The first kappa shape index (κ1) is 16.3. The molecule has 0 unspecified atom stereocenters. The molecule has 5 rings (SSSR count). The van der Waals surface area contributed by atoms with E-state index in [1.807, 2.05) is 42.6 Å². The van der Waals surface area contributed by atoms with E-state index in [2.05, 4.69) is 55.2 Å². The quantitative estimate of drug-likeness (QED) is 0.424. The van der Waals surface area contributed by atoms with Gasteiger partial charge in [-0.2, -0.15) is 14.9 Å². The number of hydrogen-bond donors (Lipinski definition) is 3. The Bertz CT molecular complexity index is 1240. The number of aromatic nitrogens is 5. The minimum atomic E-state index is 0.585. The molecule has 2 aromatic carbocycles. The highest BCUT2D eigenvalue weighted by molar-refractivity contribution is 5.83. The van der Waals surface area contributed by atoms with Crippen molar-refractivity contribution < 1.29 is 0 Å². The van der Waals surface area contributed by atoms with E-state index in [0.29, 0.717) is 11.8 Å². The van der Waals surface area contributed by atoms with Crippen LogP contribution < -0.4 is 10.7 Å². The summed E-state index contributed by atoms with van der Waals surface area (Å²) in [5.74, 6) is 1.26. The molecule has 0 aliphatic rings. The Hall–Kier alpha value is -3.87. The zero-order valence-electron chi connectivity index (χ0n) is 15.1. The van der Waals surface area contributed by atoms with Crippen LogP contribution in [0, 0.1) is 0 Å². The number of H-pyrrole nitrogens is 1. The number of nitrogens with zero attached hydrogens (tertiary/aromatic N) is 4. The largest absolute Gasteiger partial charge is 0.361 e. The maximum atomic E-state index is 4.53. The number of nitrogens with one attached hydrogen (secondary N) is 3. The molecule has 7 heteroatoms. The van der Waals surface area contributed by atoms with Gasteiger partial charge in [-0.25, -0.2) is 4.98 Å². The molecule has 0 radical (unpaired) electrons. The topological polar surface area (TPSA) is 83.5 Å². The Morgan fingerprint density at radius 2 is 1.89 bits per heavy atom. The zero-order valence-corrected chi connectivity index (χ0v) is 15.1. The van der Waals surface area contributed by atoms with Crippen LogP contribution in [0.4, 0.5) is 11.8 Å². The monoisotopic (exact) mass is 369 g/mol. The summed E-state index contributed by atoms with van der Waals surface area (Å²) in [7, 11) is 0. The van der Waals surface area contributed by atoms with Gasteiger partial charge in [-0.05, 0) is 24.1 Å². The lowest BCUT2D eigenvalue weighted by Crippen LogP contribution is -2.13. The third-order valence-corrected chi connectivity index (χ3v) is 4.71. The van der Waals surface area contributed by atoms with E-state index in [0.717, 1.165) is 29.4 Å². The van der Waals surface area contributed by atoms with Gasteiger partial charge in [0.1, 0.15) is 0 Å². The molecule has 7 nitrogen and oxygen atoms in total. The molecule has 0 fully saturated rings. The summed E-state index contributed by atoms with van der Waals surface area (Å²) < 4.78 is 0. The van der Waals surface area contributed by atoms with Crippen molar-refractivity contribution in [2.24, 2.45) is 0 Å². The lowest BCUT2D eigenvalue weighted by Gasteiger charge is -2.09. The zero-order chi connectivity index (χ0) is 18.8. The van der Waals surface area contributed by atoms with Gasteiger partial charge in [0.25, 0.3) is 0 Å². The van der Waals surface area contributed by atoms with Gasteiger partial charge in [0, 0.05) is 41.3 Å². The first-order chi connectivity index (χ1) is 13.9. The molecule has 28 heavy (non-hydrogen) atoms. The van der Waals surface area contributed by atoms with E-state index in [9.17, 15) is 0 Å². The van der Waals surface area contributed by atoms with Crippen molar-refractivity contribution in [2.45, 2.75) is 6.42 Å². The third-order valence-electron chi connectivity index (χ3n) is 4.71. The van der Waals surface area contributed by atoms with Crippen LogP contribution in [-0.2, 0) is 6.42 Å². The Balaban J connectivity index is 1.27. The smallest absolute Gasteiger partial charge is 0.224 e. The van der Waals surface area contributed by atoms with Gasteiger partial charge in [-0.3, -0.25) is 5.43 Å². The molecule has 0 atom stereocenters. The first-order valence-corrected chi connectivity index (χ1v) is 9.18. The van der Waals surface area contributed by atoms with Crippen LogP contribution in [0.15, 0.2) is 73.2 Å². The van der Waals surface area contributed by atoms with Crippen LogP contribution in [0.5, 0.6) is 0 Å². The van der Waals surface area contributed by atoms with E-state index in [-0.39, 0.29) is 0 Å². The maximum Gasteiger partial charge on any atom is 0.224 e. The van der Waals surface area contributed by atoms with Crippen molar-refractivity contribution in [2.75, 3.05) is 17.3 Å². The molecule has 0 amide bonds. The van der Waals surface area contributed by atoms with E-state index in [1.165, 1.54) is 10.9 Å². The van der Waals surface area contributed by atoms with Gasteiger partial charge in [-0.15, -0.1) is 0 Å². The molecule has 0 saturated heterocycles. The summed E-state index contributed by atoms with van der Waals surface area (Å²) in [5, 5.41) is 9.99. The van der Waals surface area contributed by atoms with E-state index < -0.39 is 0 Å². The summed E-state index contributed by atoms with van der Waals surface area (Å²) in [4.78, 5) is 13.9. The summed E-state index contributed by atoms with van der Waals surface area (Å²) in [6, 6.07) is 18.2. The second-order valence-corrected chi connectivity index (χ2v) is 6.53. The molecule has 0 spiro atoms. The molecule has 0 bridgehead atoms. The highest BCUT2D eigenvalue weighted by atomic mass is 15.6.